The Morgan fingerprint density at radius 1 is 1.39 bits per heavy atom. The van der Waals surface area contributed by atoms with Crippen LogP contribution in [0.1, 0.15) is 5.56 Å². The molecule has 18 heavy (non-hydrogen) atoms. The van der Waals surface area contributed by atoms with Crippen LogP contribution in [0.5, 0.6) is 0 Å². The van der Waals surface area contributed by atoms with Crippen molar-refractivity contribution in [3.63, 3.8) is 0 Å². The zero-order valence-electron chi connectivity index (χ0n) is 9.85. The quantitative estimate of drug-likeness (QED) is 0.779. The fourth-order valence-corrected chi connectivity index (χ4v) is 1.42. The van der Waals surface area contributed by atoms with Crippen LogP contribution in [0.3, 0.4) is 0 Å². The molecule has 0 aliphatic rings. The summed E-state index contributed by atoms with van der Waals surface area (Å²) in [6.07, 6.45) is 0.0884. The van der Waals surface area contributed by atoms with Crippen LogP contribution in [-0.4, -0.2) is 36.7 Å². The molecule has 0 saturated heterocycles. The monoisotopic (exact) mass is 255 g/mol. The molecule has 1 aromatic rings. The maximum absolute atomic E-state index is 12.7. The minimum Gasteiger partial charge on any atom is -0.480 e. The van der Waals surface area contributed by atoms with Crippen molar-refractivity contribution in [2.45, 2.75) is 12.5 Å². The number of carbonyl (C=O) groups excluding carboxylic acids is 1. The van der Waals surface area contributed by atoms with Gasteiger partial charge in [-0.1, -0.05) is 12.1 Å². The highest BCUT2D eigenvalue weighted by atomic mass is 19.1. The summed E-state index contributed by atoms with van der Waals surface area (Å²) in [5.41, 5.74) is 0.626. The maximum atomic E-state index is 12.7. The summed E-state index contributed by atoms with van der Waals surface area (Å²) in [4.78, 5) is 22.2. The molecule has 0 heterocycles. The van der Waals surface area contributed by atoms with E-state index < -0.39 is 23.7 Å². The SMILES string of the molecule is COCC(=O)N[C@H](Cc1ccc(F)cc1)C(=O)O. The Balaban J connectivity index is 2.65. The summed E-state index contributed by atoms with van der Waals surface area (Å²) in [6, 6.07) is 4.39. The fourth-order valence-electron chi connectivity index (χ4n) is 1.42. The Kier molecular flexibility index (Phi) is 5.26. The van der Waals surface area contributed by atoms with Gasteiger partial charge in [0.05, 0.1) is 0 Å². The van der Waals surface area contributed by atoms with Crippen LogP contribution >= 0.6 is 0 Å². The number of amides is 1. The van der Waals surface area contributed by atoms with Crippen LogP contribution in [0.15, 0.2) is 24.3 Å². The highest BCUT2D eigenvalue weighted by Gasteiger charge is 2.20. The van der Waals surface area contributed by atoms with E-state index in [4.69, 9.17) is 5.11 Å². The number of nitrogens with one attached hydrogen (secondary N) is 1. The van der Waals surface area contributed by atoms with Crippen molar-refractivity contribution in [1.29, 1.82) is 0 Å². The van der Waals surface area contributed by atoms with Gasteiger partial charge in [-0.05, 0) is 17.7 Å². The van der Waals surface area contributed by atoms with Gasteiger partial charge in [-0.2, -0.15) is 0 Å². The molecule has 0 aliphatic heterocycles. The topological polar surface area (TPSA) is 75.6 Å². The van der Waals surface area contributed by atoms with Gasteiger partial charge in [0.2, 0.25) is 5.91 Å². The van der Waals surface area contributed by atoms with Gasteiger partial charge in [0.25, 0.3) is 0 Å². The predicted octanol–water partition coefficient (Wildman–Crippen LogP) is 0.584. The second kappa shape index (κ2) is 6.70. The number of carboxylic acid groups (broad SMARTS) is 1. The highest BCUT2D eigenvalue weighted by molar-refractivity contribution is 5.84. The van der Waals surface area contributed by atoms with E-state index in [9.17, 15) is 14.0 Å². The first-order valence-electron chi connectivity index (χ1n) is 5.28. The molecule has 1 amide bonds. The minimum atomic E-state index is -1.15. The average Bonchev–Trinajstić information content (AvgIpc) is 2.31. The third kappa shape index (κ3) is 4.50. The van der Waals surface area contributed by atoms with Gasteiger partial charge in [0.15, 0.2) is 0 Å². The lowest BCUT2D eigenvalue weighted by molar-refractivity contribution is -0.142. The molecule has 0 aromatic heterocycles. The van der Waals surface area contributed by atoms with Crippen molar-refractivity contribution in [2.75, 3.05) is 13.7 Å². The van der Waals surface area contributed by atoms with Gasteiger partial charge in [0.1, 0.15) is 18.5 Å². The summed E-state index contributed by atoms with van der Waals surface area (Å²) in [6.45, 7) is -0.201. The van der Waals surface area contributed by atoms with Crippen LogP contribution in [0.2, 0.25) is 0 Å². The Bertz CT molecular complexity index is 419. The highest BCUT2D eigenvalue weighted by Crippen LogP contribution is 2.06. The number of hydrogen-bond acceptors (Lipinski definition) is 3. The lowest BCUT2D eigenvalue weighted by atomic mass is 10.1. The Morgan fingerprint density at radius 3 is 2.50 bits per heavy atom. The summed E-state index contributed by atoms with van der Waals surface area (Å²) >= 11 is 0. The Morgan fingerprint density at radius 2 is 2.00 bits per heavy atom. The summed E-state index contributed by atoms with van der Waals surface area (Å²) in [5.74, 6) is -2.05. The van der Waals surface area contributed by atoms with Gasteiger partial charge in [0, 0.05) is 13.5 Å². The number of rotatable bonds is 6. The van der Waals surface area contributed by atoms with Gasteiger partial charge < -0.3 is 15.2 Å². The van der Waals surface area contributed by atoms with E-state index in [1.807, 2.05) is 0 Å². The zero-order chi connectivity index (χ0) is 13.5. The van der Waals surface area contributed by atoms with E-state index in [2.05, 4.69) is 10.1 Å². The molecule has 0 unspecified atom stereocenters. The molecule has 98 valence electrons. The van der Waals surface area contributed by atoms with Crippen molar-refractivity contribution >= 4 is 11.9 Å². The zero-order valence-corrected chi connectivity index (χ0v) is 9.85. The van der Waals surface area contributed by atoms with E-state index >= 15 is 0 Å². The van der Waals surface area contributed by atoms with Gasteiger partial charge in [-0.3, -0.25) is 4.79 Å². The first-order chi connectivity index (χ1) is 8.52. The third-order valence-corrected chi connectivity index (χ3v) is 2.26. The minimum absolute atomic E-state index is 0.0884. The molecule has 2 N–H and O–H groups in total. The molecule has 1 aromatic carbocycles. The third-order valence-electron chi connectivity index (χ3n) is 2.26. The molecule has 0 bridgehead atoms. The summed E-state index contributed by atoms with van der Waals surface area (Å²) < 4.78 is 17.3. The molecule has 1 atom stereocenters. The average molecular weight is 255 g/mol. The summed E-state index contributed by atoms with van der Waals surface area (Å²) in [7, 11) is 1.34. The number of aliphatic carboxylic acids is 1. The van der Waals surface area contributed by atoms with E-state index in [0.717, 1.165) is 0 Å². The molecule has 0 saturated carbocycles. The van der Waals surface area contributed by atoms with Crippen LogP contribution in [0.25, 0.3) is 0 Å². The first kappa shape index (κ1) is 14.1. The lowest BCUT2D eigenvalue weighted by Crippen LogP contribution is -2.43. The molecule has 1 rings (SSSR count). The second-order valence-electron chi connectivity index (χ2n) is 3.72. The second-order valence-corrected chi connectivity index (χ2v) is 3.72. The maximum Gasteiger partial charge on any atom is 0.326 e. The van der Waals surface area contributed by atoms with E-state index in [-0.39, 0.29) is 13.0 Å². The molecule has 0 fully saturated rings. The van der Waals surface area contributed by atoms with Crippen LogP contribution in [-0.2, 0) is 20.7 Å². The lowest BCUT2D eigenvalue weighted by Gasteiger charge is -2.14. The molecule has 0 spiro atoms. The first-order valence-corrected chi connectivity index (χ1v) is 5.28. The molecule has 0 radical (unpaired) electrons. The molecule has 0 aliphatic carbocycles. The number of hydrogen-bond donors (Lipinski definition) is 2. The largest absolute Gasteiger partial charge is 0.480 e. The van der Waals surface area contributed by atoms with Crippen LogP contribution in [0.4, 0.5) is 4.39 Å². The van der Waals surface area contributed by atoms with Gasteiger partial charge in [-0.25, -0.2) is 9.18 Å². The van der Waals surface area contributed by atoms with Crippen molar-refractivity contribution in [3.8, 4) is 0 Å². The number of methoxy groups -OCH3 is 1. The van der Waals surface area contributed by atoms with Gasteiger partial charge in [-0.15, -0.1) is 0 Å². The van der Waals surface area contributed by atoms with E-state index in [1.165, 1.54) is 31.4 Å². The fraction of sp³-hybridized carbons (Fsp3) is 0.333. The molecule has 6 heteroatoms. The number of carbonyl (C=O) groups is 2. The van der Waals surface area contributed by atoms with Crippen molar-refractivity contribution in [1.82, 2.24) is 5.32 Å². The standard InChI is InChI=1S/C12H14FNO4/c1-18-7-11(15)14-10(12(16)17)6-8-2-4-9(13)5-3-8/h2-5,10H,6-7H2,1H3,(H,14,15)(H,16,17)/t10-/m1/s1. The van der Waals surface area contributed by atoms with Crippen molar-refractivity contribution in [3.05, 3.63) is 35.6 Å². The summed E-state index contributed by atoms with van der Waals surface area (Å²) in [5, 5.41) is 11.3. The number of halogens is 1. The Labute approximate surface area is 104 Å². The number of ether oxygens (including phenoxy) is 1. The van der Waals surface area contributed by atoms with E-state index in [1.54, 1.807) is 0 Å². The smallest absolute Gasteiger partial charge is 0.326 e. The Hall–Kier alpha value is -1.95. The molecular weight excluding hydrogens is 241 g/mol. The van der Waals surface area contributed by atoms with Gasteiger partial charge >= 0.3 is 5.97 Å². The van der Waals surface area contributed by atoms with E-state index in [0.29, 0.717) is 5.56 Å². The molecule has 5 nitrogen and oxygen atoms in total. The molecular formula is C12H14FNO4. The van der Waals surface area contributed by atoms with Crippen molar-refractivity contribution < 1.29 is 23.8 Å². The predicted molar refractivity (Wildman–Crippen MR) is 61.5 cm³/mol. The number of benzene rings is 1. The number of carboxylic acids is 1. The normalized spacial score (nSPS) is 11.9. The van der Waals surface area contributed by atoms with Crippen LogP contribution in [0, 0.1) is 5.82 Å². The van der Waals surface area contributed by atoms with Crippen molar-refractivity contribution in [2.24, 2.45) is 0 Å². The van der Waals surface area contributed by atoms with Crippen LogP contribution < -0.4 is 5.32 Å².